The fourth-order valence-corrected chi connectivity index (χ4v) is 3.07. The topological polar surface area (TPSA) is 129 Å². The van der Waals surface area contributed by atoms with Gasteiger partial charge in [0.05, 0.1) is 7.11 Å². The first kappa shape index (κ1) is 22.7. The molecular formula is C22H25N3O7. The molecule has 0 atom stereocenters. The van der Waals surface area contributed by atoms with E-state index in [4.69, 9.17) is 24.7 Å². The third kappa shape index (κ3) is 5.60. The molecule has 10 heteroatoms. The Hall–Kier alpha value is -3.95. The zero-order valence-electron chi connectivity index (χ0n) is 17.9. The maximum absolute atomic E-state index is 12.9. The molecule has 1 aliphatic rings. The number of ether oxygens (including phenoxy) is 4. The molecule has 1 heterocycles. The van der Waals surface area contributed by atoms with Gasteiger partial charge < -0.3 is 34.9 Å². The minimum absolute atomic E-state index is 0.147. The van der Waals surface area contributed by atoms with Gasteiger partial charge in [-0.1, -0.05) is 0 Å². The van der Waals surface area contributed by atoms with Crippen LogP contribution in [-0.4, -0.2) is 62.6 Å². The molecule has 32 heavy (non-hydrogen) atoms. The first-order chi connectivity index (χ1) is 15.4. The van der Waals surface area contributed by atoms with Crippen LogP contribution in [0.4, 0.5) is 5.69 Å². The molecule has 1 aliphatic heterocycles. The van der Waals surface area contributed by atoms with Gasteiger partial charge in [0, 0.05) is 23.9 Å². The summed E-state index contributed by atoms with van der Waals surface area (Å²) in [6.45, 7) is 2.55. The Balaban J connectivity index is 1.66. The predicted octanol–water partition coefficient (Wildman–Crippen LogP) is 1.43. The lowest BCUT2D eigenvalue weighted by molar-refractivity contribution is -0.120. The quantitative estimate of drug-likeness (QED) is 0.600. The molecule has 0 fully saturated rings. The predicted molar refractivity (Wildman–Crippen MR) is 115 cm³/mol. The summed E-state index contributed by atoms with van der Waals surface area (Å²) in [6, 6.07) is 9.64. The summed E-state index contributed by atoms with van der Waals surface area (Å²) in [6.07, 6.45) is 0. The van der Waals surface area contributed by atoms with Crippen molar-refractivity contribution in [2.45, 2.75) is 6.92 Å². The highest BCUT2D eigenvalue weighted by Gasteiger charge is 2.20. The van der Waals surface area contributed by atoms with Gasteiger partial charge in [0.25, 0.3) is 11.8 Å². The number of methoxy groups -OCH3 is 1. The third-order valence-corrected chi connectivity index (χ3v) is 4.61. The molecule has 0 saturated carbocycles. The number of rotatable bonds is 9. The van der Waals surface area contributed by atoms with Gasteiger partial charge >= 0.3 is 0 Å². The van der Waals surface area contributed by atoms with Gasteiger partial charge in [0.1, 0.15) is 19.8 Å². The van der Waals surface area contributed by atoms with Crippen molar-refractivity contribution in [3.05, 3.63) is 42.0 Å². The number of primary amides is 1. The van der Waals surface area contributed by atoms with E-state index in [-0.39, 0.29) is 36.5 Å². The van der Waals surface area contributed by atoms with Crippen LogP contribution in [0.25, 0.3) is 0 Å². The third-order valence-electron chi connectivity index (χ3n) is 4.61. The maximum atomic E-state index is 12.9. The van der Waals surface area contributed by atoms with Crippen molar-refractivity contribution < 1.29 is 33.3 Å². The highest BCUT2D eigenvalue weighted by molar-refractivity contribution is 5.99. The summed E-state index contributed by atoms with van der Waals surface area (Å²) in [5, 5.41) is 2.77. The van der Waals surface area contributed by atoms with Gasteiger partial charge in [-0.05, 0) is 37.3 Å². The van der Waals surface area contributed by atoms with Crippen LogP contribution < -0.4 is 30.0 Å². The molecule has 3 N–H and O–H groups in total. The molecular weight excluding hydrogens is 418 g/mol. The van der Waals surface area contributed by atoms with Gasteiger partial charge in [-0.3, -0.25) is 14.4 Å². The number of anilines is 1. The fraction of sp³-hybridized carbons (Fsp3) is 0.318. The summed E-state index contributed by atoms with van der Waals surface area (Å²) in [5.41, 5.74) is 5.94. The number of benzene rings is 2. The molecule has 170 valence electrons. The Morgan fingerprint density at radius 2 is 1.81 bits per heavy atom. The molecule has 0 radical (unpaired) electrons. The van der Waals surface area contributed by atoms with Crippen molar-refractivity contribution in [2.24, 2.45) is 5.73 Å². The van der Waals surface area contributed by atoms with E-state index in [1.54, 1.807) is 25.1 Å². The molecule has 0 bridgehead atoms. The monoisotopic (exact) mass is 443 g/mol. The first-order valence-electron chi connectivity index (χ1n) is 9.99. The van der Waals surface area contributed by atoms with E-state index < -0.39 is 5.91 Å². The van der Waals surface area contributed by atoms with Crippen LogP contribution in [0.2, 0.25) is 0 Å². The maximum Gasteiger partial charge on any atom is 0.255 e. The number of nitrogens with two attached hydrogens (primary N) is 1. The van der Waals surface area contributed by atoms with Crippen LogP contribution in [0.1, 0.15) is 17.3 Å². The number of hydrogen-bond donors (Lipinski definition) is 2. The van der Waals surface area contributed by atoms with Gasteiger partial charge in [0.2, 0.25) is 5.91 Å². The lowest BCUT2D eigenvalue weighted by Gasteiger charge is -2.22. The first-order valence-corrected chi connectivity index (χ1v) is 9.99. The number of hydrogen-bond acceptors (Lipinski definition) is 7. The van der Waals surface area contributed by atoms with E-state index >= 15 is 0 Å². The number of carbonyl (C=O) groups excluding carboxylic acids is 3. The van der Waals surface area contributed by atoms with Gasteiger partial charge in [-0.25, -0.2) is 0 Å². The zero-order valence-corrected chi connectivity index (χ0v) is 17.9. The van der Waals surface area contributed by atoms with E-state index in [1.165, 1.54) is 30.2 Å². The summed E-state index contributed by atoms with van der Waals surface area (Å²) >= 11 is 0. The van der Waals surface area contributed by atoms with Crippen LogP contribution in [0, 0.1) is 0 Å². The second kappa shape index (κ2) is 10.4. The van der Waals surface area contributed by atoms with Gasteiger partial charge in [0.15, 0.2) is 29.6 Å². The SMILES string of the molecule is CCN(CC(=O)Nc1ccc2c(c1)OCCO2)C(=O)c1ccc(OCC(N)=O)c(OC)c1. The van der Waals surface area contributed by atoms with Crippen molar-refractivity contribution in [1.29, 1.82) is 0 Å². The number of nitrogens with one attached hydrogen (secondary N) is 1. The lowest BCUT2D eigenvalue weighted by atomic mass is 10.1. The summed E-state index contributed by atoms with van der Waals surface area (Å²) in [4.78, 5) is 37.8. The molecule has 0 aromatic heterocycles. The normalized spacial score (nSPS) is 11.9. The average molecular weight is 443 g/mol. The molecule has 2 aromatic rings. The zero-order chi connectivity index (χ0) is 23.1. The molecule has 10 nitrogen and oxygen atoms in total. The minimum atomic E-state index is -0.631. The van der Waals surface area contributed by atoms with E-state index in [1.807, 2.05) is 0 Å². The van der Waals surface area contributed by atoms with E-state index in [0.29, 0.717) is 42.5 Å². The number of likely N-dealkylation sites (N-methyl/N-ethyl adjacent to an activating group) is 1. The average Bonchev–Trinajstić information content (AvgIpc) is 2.80. The van der Waals surface area contributed by atoms with Gasteiger partial charge in [-0.2, -0.15) is 0 Å². The highest BCUT2D eigenvalue weighted by atomic mass is 16.6. The molecule has 0 aliphatic carbocycles. The van der Waals surface area contributed by atoms with Crippen molar-refractivity contribution >= 4 is 23.4 Å². The smallest absolute Gasteiger partial charge is 0.255 e. The van der Waals surface area contributed by atoms with Crippen LogP contribution in [0.15, 0.2) is 36.4 Å². The largest absolute Gasteiger partial charge is 0.493 e. The van der Waals surface area contributed by atoms with Crippen molar-refractivity contribution in [2.75, 3.05) is 45.3 Å². The number of carbonyl (C=O) groups is 3. The number of fused-ring (bicyclic) bond motifs is 1. The fourth-order valence-electron chi connectivity index (χ4n) is 3.07. The Morgan fingerprint density at radius 1 is 1.06 bits per heavy atom. The van der Waals surface area contributed by atoms with E-state index in [0.717, 1.165) is 0 Å². The second-order valence-corrected chi connectivity index (χ2v) is 6.85. The van der Waals surface area contributed by atoms with Crippen LogP contribution >= 0.6 is 0 Å². The van der Waals surface area contributed by atoms with Crippen LogP contribution in [0.5, 0.6) is 23.0 Å². The molecule has 3 rings (SSSR count). The standard InChI is InChI=1S/C22H25N3O7/c1-3-25(12-21(27)24-15-5-7-17-19(11-15)31-9-8-30-17)22(28)14-4-6-16(18(10-14)29-2)32-13-20(23)26/h4-7,10-11H,3,8-9,12-13H2,1-2H3,(H2,23,26)(H,24,27). The summed E-state index contributed by atoms with van der Waals surface area (Å²) < 4.78 is 21.5. The number of amides is 3. The molecule has 3 amide bonds. The molecule has 0 spiro atoms. The second-order valence-electron chi connectivity index (χ2n) is 6.85. The Bertz CT molecular complexity index is 1010. The molecule has 0 unspecified atom stereocenters. The highest BCUT2D eigenvalue weighted by Crippen LogP contribution is 2.32. The van der Waals surface area contributed by atoms with Crippen molar-refractivity contribution in [3.8, 4) is 23.0 Å². The minimum Gasteiger partial charge on any atom is -0.493 e. The Kier molecular flexibility index (Phi) is 7.37. The van der Waals surface area contributed by atoms with E-state index in [9.17, 15) is 14.4 Å². The van der Waals surface area contributed by atoms with Crippen LogP contribution in [0.3, 0.4) is 0 Å². The Morgan fingerprint density at radius 3 is 2.50 bits per heavy atom. The lowest BCUT2D eigenvalue weighted by Crippen LogP contribution is -2.37. The van der Waals surface area contributed by atoms with Gasteiger partial charge in [-0.15, -0.1) is 0 Å². The van der Waals surface area contributed by atoms with E-state index in [2.05, 4.69) is 5.32 Å². The summed E-state index contributed by atoms with van der Waals surface area (Å²) in [7, 11) is 1.42. The Labute approximate surface area is 185 Å². The number of nitrogens with zero attached hydrogens (tertiary/aromatic N) is 1. The van der Waals surface area contributed by atoms with Crippen LogP contribution in [-0.2, 0) is 9.59 Å². The molecule has 2 aromatic carbocycles. The van der Waals surface area contributed by atoms with Crippen molar-refractivity contribution in [3.63, 3.8) is 0 Å². The van der Waals surface area contributed by atoms with Crippen molar-refractivity contribution in [1.82, 2.24) is 4.90 Å². The summed E-state index contributed by atoms with van der Waals surface area (Å²) in [5.74, 6) is 0.388. The molecule has 0 saturated heterocycles.